The Bertz CT molecular complexity index is 568. The molecule has 0 aliphatic heterocycles. The molecule has 0 amide bonds. The van der Waals surface area contributed by atoms with E-state index in [-0.39, 0.29) is 0 Å². The van der Waals surface area contributed by atoms with E-state index in [1.165, 1.54) is 7.11 Å². The Hall–Kier alpha value is -1.81. The standard InChI is InChI=1S/C13H14O4/c1-7-8(2)17-12-9(7)5-4-6-10(12)11(14)13(15)16-3/h4-6,11,14H,1-3H3. The maximum Gasteiger partial charge on any atom is 0.339 e. The lowest BCUT2D eigenvalue weighted by atomic mass is 10.0. The maximum atomic E-state index is 11.3. The molecule has 0 saturated heterocycles. The number of carbonyl (C=O) groups excluding carboxylic acids is 1. The molecule has 1 unspecified atom stereocenters. The molecule has 0 spiro atoms. The van der Waals surface area contributed by atoms with E-state index in [0.717, 1.165) is 16.7 Å². The SMILES string of the molecule is COC(=O)C(O)c1cccc2c(C)c(C)oc12. The molecule has 0 aliphatic carbocycles. The number of rotatable bonds is 2. The first-order chi connectivity index (χ1) is 8.06. The van der Waals surface area contributed by atoms with Crippen molar-refractivity contribution in [1.29, 1.82) is 0 Å². The molecule has 90 valence electrons. The molecule has 0 bridgehead atoms. The van der Waals surface area contributed by atoms with Gasteiger partial charge in [-0.05, 0) is 19.4 Å². The Labute approximate surface area is 98.8 Å². The number of aryl methyl sites for hydroxylation is 2. The fourth-order valence-electron chi connectivity index (χ4n) is 1.84. The van der Waals surface area contributed by atoms with Gasteiger partial charge in [0.05, 0.1) is 7.11 Å². The lowest BCUT2D eigenvalue weighted by Crippen LogP contribution is -2.13. The third-order valence-corrected chi connectivity index (χ3v) is 2.95. The lowest BCUT2D eigenvalue weighted by molar-refractivity contribution is -0.150. The second-order valence-electron chi connectivity index (χ2n) is 3.93. The highest BCUT2D eigenvalue weighted by molar-refractivity contribution is 5.89. The van der Waals surface area contributed by atoms with Crippen LogP contribution in [0.25, 0.3) is 11.0 Å². The lowest BCUT2D eigenvalue weighted by Gasteiger charge is -2.08. The highest BCUT2D eigenvalue weighted by Gasteiger charge is 2.22. The molecule has 0 fully saturated rings. The zero-order chi connectivity index (χ0) is 12.6. The van der Waals surface area contributed by atoms with E-state index < -0.39 is 12.1 Å². The van der Waals surface area contributed by atoms with E-state index in [4.69, 9.17) is 4.42 Å². The van der Waals surface area contributed by atoms with Gasteiger partial charge in [-0.15, -0.1) is 0 Å². The van der Waals surface area contributed by atoms with Crippen molar-refractivity contribution < 1.29 is 19.1 Å². The van der Waals surface area contributed by atoms with Crippen LogP contribution in [0.1, 0.15) is 23.0 Å². The molecule has 1 N–H and O–H groups in total. The van der Waals surface area contributed by atoms with Gasteiger partial charge in [-0.2, -0.15) is 0 Å². The van der Waals surface area contributed by atoms with Crippen LogP contribution in [0, 0.1) is 13.8 Å². The Balaban J connectivity index is 2.62. The second kappa shape index (κ2) is 4.22. The topological polar surface area (TPSA) is 59.7 Å². The fraction of sp³-hybridized carbons (Fsp3) is 0.308. The number of fused-ring (bicyclic) bond motifs is 1. The van der Waals surface area contributed by atoms with E-state index in [1.54, 1.807) is 12.1 Å². The highest BCUT2D eigenvalue weighted by atomic mass is 16.5. The number of para-hydroxylation sites is 1. The molecule has 4 heteroatoms. The van der Waals surface area contributed by atoms with Crippen molar-refractivity contribution in [2.45, 2.75) is 20.0 Å². The number of furan rings is 1. The number of esters is 1. The number of benzene rings is 1. The van der Waals surface area contributed by atoms with Gasteiger partial charge in [-0.3, -0.25) is 0 Å². The molecule has 2 aromatic rings. The van der Waals surface area contributed by atoms with Crippen molar-refractivity contribution in [3.8, 4) is 0 Å². The molecule has 4 nitrogen and oxygen atoms in total. The normalized spacial score (nSPS) is 12.7. The number of ether oxygens (including phenoxy) is 1. The van der Waals surface area contributed by atoms with E-state index in [1.807, 2.05) is 19.9 Å². The van der Waals surface area contributed by atoms with Gasteiger partial charge in [0.15, 0.2) is 6.10 Å². The molecule has 1 aromatic carbocycles. The first-order valence-electron chi connectivity index (χ1n) is 5.30. The number of methoxy groups -OCH3 is 1. The molecule has 0 radical (unpaired) electrons. The molecular weight excluding hydrogens is 220 g/mol. The van der Waals surface area contributed by atoms with Crippen LogP contribution in [0.4, 0.5) is 0 Å². The highest BCUT2D eigenvalue weighted by Crippen LogP contribution is 2.30. The van der Waals surface area contributed by atoms with E-state index >= 15 is 0 Å². The number of aliphatic hydroxyl groups excluding tert-OH is 1. The van der Waals surface area contributed by atoms with E-state index in [0.29, 0.717) is 11.1 Å². The summed E-state index contributed by atoms with van der Waals surface area (Å²) in [6, 6.07) is 5.34. The summed E-state index contributed by atoms with van der Waals surface area (Å²) >= 11 is 0. The predicted octanol–water partition coefficient (Wildman–Crippen LogP) is 2.26. The van der Waals surface area contributed by atoms with Crippen molar-refractivity contribution in [2.24, 2.45) is 0 Å². The zero-order valence-corrected chi connectivity index (χ0v) is 9.98. The Morgan fingerprint density at radius 2 is 2.12 bits per heavy atom. The van der Waals surface area contributed by atoms with Crippen molar-refractivity contribution in [3.63, 3.8) is 0 Å². The summed E-state index contributed by atoms with van der Waals surface area (Å²) < 4.78 is 10.1. The van der Waals surface area contributed by atoms with Crippen molar-refractivity contribution >= 4 is 16.9 Å². The van der Waals surface area contributed by atoms with Crippen molar-refractivity contribution in [3.05, 3.63) is 35.1 Å². The quantitative estimate of drug-likeness (QED) is 0.810. The van der Waals surface area contributed by atoms with Crippen molar-refractivity contribution in [1.82, 2.24) is 0 Å². The van der Waals surface area contributed by atoms with Crippen LogP contribution in [-0.4, -0.2) is 18.2 Å². The van der Waals surface area contributed by atoms with Gasteiger partial charge < -0.3 is 14.3 Å². The molecular formula is C13H14O4. The summed E-state index contributed by atoms with van der Waals surface area (Å²) in [5.41, 5.74) is 1.99. The average Bonchev–Trinajstić information content (AvgIpc) is 2.63. The molecule has 1 atom stereocenters. The zero-order valence-electron chi connectivity index (χ0n) is 9.98. The van der Waals surface area contributed by atoms with Gasteiger partial charge >= 0.3 is 5.97 Å². The number of hydrogen-bond acceptors (Lipinski definition) is 4. The second-order valence-corrected chi connectivity index (χ2v) is 3.93. The minimum absolute atomic E-state index is 0.436. The number of carbonyl (C=O) groups is 1. The van der Waals surface area contributed by atoms with Crippen LogP contribution in [0.2, 0.25) is 0 Å². The summed E-state index contributed by atoms with van der Waals surface area (Å²) in [5, 5.41) is 10.8. The summed E-state index contributed by atoms with van der Waals surface area (Å²) in [5.74, 6) is 0.0914. The first-order valence-corrected chi connectivity index (χ1v) is 5.30. The third kappa shape index (κ3) is 1.80. The Morgan fingerprint density at radius 3 is 2.76 bits per heavy atom. The molecule has 0 aliphatic rings. The monoisotopic (exact) mass is 234 g/mol. The smallest absolute Gasteiger partial charge is 0.339 e. The number of aliphatic hydroxyl groups is 1. The minimum Gasteiger partial charge on any atom is -0.467 e. The largest absolute Gasteiger partial charge is 0.467 e. The molecule has 2 rings (SSSR count). The minimum atomic E-state index is -1.31. The molecule has 17 heavy (non-hydrogen) atoms. The van der Waals surface area contributed by atoms with Crippen LogP contribution in [-0.2, 0) is 9.53 Å². The van der Waals surface area contributed by atoms with Crippen LogP contribution >= 0.6 is 0 Å². The van der Waals surface area contributed by atoms with Crippen molar-refractivity contribution in [2.75, 3.05) is 7.11 Å². The van der Waals surface area contributed by atoms with Crippen LogP contribution in [0.15, 0.2) is 22.6 Å². The third-order valence-electron chi connectivity index (χ3n) is 2.95. The van der Waals surface area contributed by atoms with Gasteiger partial charge in [0.25, 0.3) is 0 Å². The summed E-state index contributed by atoms with van der Waals surface area (Å²) in [4.78, 5) is 11.3. The van der Waals surface area contributed by atoms with Gasteiger partial charge in [-0.1, -0.05) is 18.2 Å². The van der Waals surface area contributed by atoms with Crippen LogP contribution < -0.4 is 0 Å². The summed E-state index contributed by atoms with van der Waals surface area (Å²) in [6.07, 6.45) is -1.31. The molecule has 1 aromatic heterocycles. The Morgan fingerprint density at radius 1 is 1.41 bits per heavy atom. The fourth-order valence-corrected chi connectivity index (χ4v) is 1.84. The maximum absolute atomic E-state index is 11.3. The van der Waals surface area contributed by atoms with E-state index in [2.05, 4.69) is 4.74 Å². The molecule has 1 heterocycles. The van der Waals surface area contributed by atoms with Gasteiger partial charge in [-0.25, -0.2) is 4.79 Å². The predicted molar refractivity (Wildman–Crippen MR) is 62.7 cm³/mol. The summed E-state index contributed by atoms with van der Waals surface area (Å²) in [7, 11) is 1.24. The number of hydrogen-bond donors (Lipinski definition) is 1. The average molecular weight is 234 g/mol. The summed E-state index contributed by atoms with van der Waals surface area (Å²) in [6.45, 7) is 3.79. The molecule has 0 saturated carbocycles. The first kappa shape index (κ1) is 11.7. The van der Waals surface area contributed by atoms with Crippen LogP contribution in [0.3, 0.4) is 0 Å². The van der Waals surface area contributed by atoms with Gasteiger partial charge in [0.2, 0.25) is 0 Å². The van der Waals surface area contributed by atoms with Crippen LogP contribution in [0.5, 0.6) is 0 Å². The van der Waals surface area contributed by atoms with E-state index in [9.17, 15) is 9.90 Å². The van der Waals surface area contributed by atoms with Gasteiger partial charge in [0, 0.05) is 10.9 Å². The van der Waals surface area contributed by atoms with Gasteiger partial charge in [0.1, 0.15) is 11.3 Å². The Kier molecular flexibility index (Phi) is 2.90.